The van der Waals surface area contributed by atoms with Crippen molar-refractivity contribution in [2.75, 3.05) is 25.2 Å². The number of nitrogens with zero attached hydrogens (tertiary/aromatic N) is 3. The quantitative estimate of drug-likeness (QED) is 0.445. The van der Waals surface area contributed by atoms with E-state index in [1.54, 1.807) is 13.3 Å². The number of aromatic nitrogens is 4. The summed E-state index contributed by atoms with van der Waals surface area (Å²) in [6, 6.07) is 9.90. The van der Waals surface area contributed by atoms with Gasteiger partial charge in [-0.1, -0.05) is 13.0 Å². The van der Waals surface area contributed by atoms with Gasteiger partial charge >= 0.3 is 0 Å². The van der Waals surface area contributed by atoms with E-state index in [1.165, 1.54) is 6.33 Å². The summed E-state index contributed by atoms with van der Waals surface area (Å²) in [6.45, 7) is 2.42. The topological polar surface area (TPSA) is 90.0 Å². The Kier molecular flexibility index (Phi) is 5.71. The van der Waals surface area contributed by atoms with Crippen molar-refractivity contribution in [3.05, 3.63) is 42.9 Å². The number of methoxy groups -OCH3 is 1. The third-order valence-electron chi connectivity index (χ3n) is 4.65. The molecule has 8 heteroatoms. The highest BCUT2D eigenvalue weighted by Crippen LogP contribution is 2.34. The van der Waals surface area contributed by atoms with Crippen LogP contribution in [0.4, 0.5) is 0 Å². The summed E-state index contributed by atoms with van der Waals surface area (Å²) in [5, 5.41) is 1.97. The van der Waals surface area contributed by atoms with Crippen molar-refractivity contribution in [3.8, 4) is 22.9 Å². The lowest BCUT2D eigenvalue weighted by Gasteiger charge is -2.12. The molecule has 2 heterocycles. The van der Waals surface area contributed by atoms with Gasteiger partial charge in [-0.05, 0) is 36.1 Å². The molecular weight excluding hydrogens is 388 g/mol. The summed E-state index contributed by atoms with van der Waals surface area (Å²) in [6.07, 6.45) is 3.92. The lowest BCUT2D eigenvalue weighted by molar-refractivity contribution is 0.322. The number of rotatable bonds is 8. The molecule has 0 saturated heterocycles. The van der Waals surface area contributed by atoms with Crippen molar-refractivity contribution in [1.29, 1.82) is 0 Å². The SMILES string of the molecule is CCS(=O)CCCOc1cc(-c2nc3ncncc3[nH]2)cc2ccc(OC)cc12. The van der Waals surface area contributed by atoms with Crippen LogP contribution in [0.2, 0.25) is 0 Å². The van der Waals surface area contributed by atoms with Crippen LogP contribution in [0.1, 0.15) is 13.3 Å². The van der Waals surface area contributed by atoms with Crippen LogP contribution in [0.5, 0.6) is 11.5 Å². The van der Waals surface area contributed by atoms with Crippen molar-refractivity contribution in [1.82, 2.24) is 19.9 Å². The van der Waals surface area contributed by atoms with Gasteiger partial charge in [0.2, 0.25) is 0 Å². The molecule has 4 rings (SSSR count). The zero-order valence-electron chi connectivity index (χ0n) is 16.3. The monoisotopic (exact) mass is 410 g/mol. The average molecular weight is 410 g/mol. The normalized spacial score (nSPS) is 12.3. The number of imidazole rings is 1. The van der Waals surface area contributed by atoms with Gasteiger partial charge in [-0.2, -0.15) is 0 Å². The second kappa shape index (κ2) is 8.57. The molecule has 1 unspecified atom stereocenters. The minimum Gasteiger partial charge on any atom is -0.497 e. The number of aromatic amines is 1. The van der Waals surface area contributed by atoms with Gasteiger partial charge in [0, 0.05) is 33.3 Å². The fraction of sp³-hybridized carbons (Fsp3) is 0.286. The number of hydrogen-bond acceptors (Lipinski definition) is 6. The van der Waals surface area contributed by atoms with Crippen molar-refractivity contribution >= 4 is 32.7 Å². The molecule has 1 atom stereocenters. The molecule has 7 nitrogen and oxygen atoms in total. The molecule has 0 bridgehead atoms. The van der Waals surface area contributed by atoms with E-state index in [0.29, 0.717) is 29.6 Å². The molecule has 0 saturated carbocycles. The van der Waals surface area contributed by atoms with E-state index in [-0.39, 0.29) is 0 Å². The molecule has 0 radical (unpaired) electrons. The van der Waals surface area contributed by atoms with E-state index in [9.17, 15) is 4.21 Å². The first-order valence-electron chi connectivity index (χ1n) is 9.43. The van der Waals surface area contributed by atoms with E-state index in [4.69, 9.17) is 9.47 Å². The van der Waals surface area contributed by atoms with Gasteiger partial charge in [0.1, 0.15) is 29.2 Å². The highest BCUT2D eigenvalue weighted by atomic mass is 32.2. The number of nitrogens with one attached hydrogen (secondary N) is 1. The Hall–Kier alpha value is -3.00. The number of H-pyrrole nitrogens is 1. The Labute approximate surface area is 171 Å². The molecule has 0 aliphatic carbocycles. The first-order valence-corrected chi connectivity index (χ1v) is 10.9. The second-order valence-electron chi connectivity index (χ2n) is 6.54. The van der Waals surface area contributed by atoms with Crippen LogP contribution in [0, 0.1) is 0 Å². The number of ether oxygens (including phenoxy) is 2. The van der Waals surface area contributed by atoms with Gasteiger partial charge in [-0.25, -0.2) is 15.0 Å². The lowest BCUT2D eigenvalue weighted by atomic mass is 10.0. The minimum atomic E-state index is -0.788. The third kappa shape index (κ3) is 4.22. The molecule has 0 amide bonds. The van der Waals surface area contributed by atoms with Gasteiger partial charge in [0.15, 0.2) is 5.65 Å². The predicted molar refractivity (Wildman–Crippen MR) is 115 cm³/mol. The molecule has 2 aromatic heterocycles. The second-order valence-corrected chi connectivity index (χ2v) is 8.41. The molecule has 4 aromatic rings. The van der Waals surface area contributed by atoms with Gasteiger partial charge < -0.3 is 14.5 Å². The largest absolute Gasteiger partial charge is 0.497 e. The van der Waals surface area contributed by atoms with E-state index in [2.05, 4.69) is 26.0 Å². The summed E-state index contributed by atoms with van der Waals surface area (Å²) in [5.74, 6) is 3.52. The molecule has 0 spiro atoms. The molecular formula is C21H22N4O3S. The van der Waals surface area contributed by atoms with Crippen LogP contribution in [0.25, 0.3) is 33.3 Å². The summed E-state index contributed by atoms with van der Waals surface area (Å²) in [4.78, 5) is 16.0. The first-order chi connectivity index (χ1) is 14.2. The lowest BCUT2D eigenvalue weighted by Crippen LogP contribution is -2.06. The van der Waals surface area contributed by atoms with Crippen LogP contribution >= 0.6 is 0 Å². The fourth-order valence-corrected chi connectivity index (χ4v) is 3.86. The molecule has 1 N–H and O–H groups in total. The molecule has 0 aliphatic rings. The van der Waals surface area contributed by atoms with Crippen LogP contribution in [-0.4, -0.2) is 49.4 Å². The van der Waals surface area contributed by atoms with Gasteiger partial charge in [0.05, 0.1) is 19.9 Å². The smallest absolute Gasteiger partial charge is 0.181 e. The van der Waals surface area contributed by atoms with E-state index >= 15 is 0 Å². The third-order valence-corrected chi connectivity index (χ3v) is 6.04. The molecule has 150 valence electrons. The van der Waals surface area contributed by atoms with Gasteiger partial charge in [0.25, 0.3) is 0 Å². The van der Waals surface area contributed by atoms with Crippen molar-refractivity contribution in [2.24, 2.45) is 0 Å². The van der Waals surface area contributed by atoms with Crippen molar-refractivity contribution in [3.63, 3.8) is 0 Å². The zero-order valence-corrected chi connectivity index (χ0v) is 17.2. The van der Waals surface area contributed by atoms with Crippen LogP contribution < -0.4 is 9.47 Å². The van der Waals surface area contributed by atoms with E-state index < -0.39 is 10.8 Å². The Bertz CT molecular complexity index is 1140. The van der Waals surface area contributed by atoms with E-state index in [0.717, 1.165) is 39.8 Å². The van der Waals surface area contributed by atoms with Crippen LogP contribution in [0.15, 0.2) is 42.9 Å². The van der Waals surface area contributed by atoms with E-state index in [1.807, 2.05) is 31.2 Å². The number of benzene rings is 2. The summed E-state index contributed by atoms with van der Waals surface area (Å²) in [7, 11) is 0.856. The predicted octanol–water partition coefficient (Wildman–Crippen LogP) is 3.72. The van der Waals surface area contributed by atoms with Crippen LogP contribution in [0.3, 0.4) is 0 Å². The standard InChI is InChI=1S/C21H22N4O3S/c1-3-29(26)8-4-7-28-19-10-15(9-14-5-6-16(27-2)11-17(14)19)20-24-18-12-22-13-23-21(18)25-20/h5-6,9-13H,3-4,7-8H2,1-2H3,(H,22,23,24,25). The highest BCUT2D eigenvalue weighted by molar-refractivity contribution is 7.84. The summed E-state index contributed by atoms with van der Waals surface area (Å²) in [5.41, 5.74) is 2.30. The molecule has 0 aliphatic heterocycles. The fourth-order valence-electron chi connectivity index (χ4n) is 3.13. The molecule has 2 aromatic carbocycles. The maximum atomic E-state index is 11.7. The maximum absolute atomic E-state index is 11.7. The number of hydrogen-bond donors (Lipinski definition) is 1. The highest BCUT2D eigenvalue weighted by Gasteiger charge is 2.12. The Morgan fingerprint density at radius 1 is 1.21 bits per heavy atom. The zero-order chi connectivity index (χ0) is 20.2. The first kappa shape index (κ1) is 19.3. The Morgan fingerprint density at radius 3 is 2.90 bits per heavy atom. The molecule has 0 fully saturated rings. The Morgan fingerprint density at radius 2 is 2.10 bits per heavy atom. The Balaban J connectivity index is 1.70. The summed E-state index contributed by atoms with van der Waals surface area (Å²) >= 11 is 0. The number of fused-ring (bicyclic) bond motifs is 2. The van der Waals surface area contributed by atoms with Crippen molar-refractivity contribution < 1.29 is 13.7 Å². The van der Waals surface area contributed by atoms with Crippen molar-refractivity contribution in [2.45, 2.75) is 13.3 Å². The summed E-state index contributed by atoms with van der Waals surface area (Å²) < 4.78 is 23.1. The minimum absolute atomic E-state index is 0.493. The van der Waals surface area contributed by atoms with Gasteiger partial charge in [-0.15, -0.1) is 0 Å². The van der Waals surface area contributed by atoms with Gasteiger partial charge in [-0.3, -0.25) is 4.21 Å². The molecule has 29 heavy (non-hydrogen) atoms. The average Bonchev–Trinajstić information content (AvgIpc) is 3.20. The maximum Gasteiger partial charge on any atom is 0.181 e. The van der Waals surface area contributed by atoms with Crippen LogP contribution in [-0.2, 0) is 10.8 Å².